The maximum absolute atomic E-state index is 12.0. The van der Waals surface area contributed by atoms with E-state index in [4.69, 9.17) is 4.74 Å². The summed E-state index contributed by atoms with van der Waals surface area (Å²) in [4.78, 5) is 12.0. The summed E-state index contributed by atoms with van der Waals surface area (Å²) in [5.74, 6) is 0.428. The number of carbonyl (C=O) groups excluding carboxylic acids is 1. The first-order chi connectivity index (χ1) is 8.63. The summed E-state index contributed by atoms with van der Waals surface area (Å²) in [5, 5.41) is 13.6. The van der Waals surface area contributed by atoms with Gasteiger partial charge in [-0.3, -0.25) is 4.79 Å². The highest BCUT2D eigenvalue weighted by atomic mass is 16.5. The van der Waals surface area contributed by atoms with Crippen molar-refractivity contribution in [3.8, 4) is 0 Å². The molecule has 2 heterocycles. The van der Waals surface area contributed by atoms with E-state index in [1.165, 1.54) is 0 Å². The van der Waals surface area contributed by atoms with Crippen LogP contribution in [-0.4, -0.2) is 41.9 Å². The van der Waals surface area contributed by atoms with Crippen LogP contribution in [-0.2, 0) is 4.74 Å². The molecule has 0 aliphatic carbocycles. The maximum Gasteiger partial charge on any atom is 0.272 e. The SMILES string of the molecule is CNc1ccc(C(=O)NC2(C)CCCOC2)nn1. The second-order valence-corrected chi connectivity index (χ2v) is 4.72. The van der Waals surface area contributed by atoms with Crippen LogP contribution < -0.4 is 10.6 Å². The van der Waals surface area contributed by atoms with Crippen molar-refractivity contribution in [1.82, 2.24) is 15.5 Å². The van der Waals surface area contributed by atoms with Crippen molar-refractivity contribution in [2.45, 2.75) is 25.3 Å². The predicted octanol–water partition coefficient (Wildman–Crippen LogP) is 0.817. The highest BCUT2D eigenvalue weighted by molar-refractivity contribution is 5.92. The van der Waals surface area contributed by atoms with E-state index >= 15 is 0 Å². The van der Waals surface area contributed by atoms with E-state index in [2.05, 4.69) is 20.8 Å². The van der Waals surface area contributed by atoms with Crippen LogP contribution in [0.25, 0.3) is 0 Å². The number of rotatable bonds is 3. The molecule has 2 rings (SSSR count). The van der Waals surface area contributed by atoms with E-state index in [0.29, 0.717) is 18.1 Å². The van der Waals surface area contributed by atoms with Crippen LogP contribution in [0.4, 0.5) is 5.82 Å². The molecule has 0 radical (unpaired) electrons. The Bertz CT molecular complexity index is 413. The van der Waals surface area contributed by atoms with Crippen molar-refractivity contribution >= 4 is 11.7 Å². The second-order valence-electron chi connectivity index (χ2n) is 4.72. The number of aromatic nitrogens is 2. The lowest BCUT2D eigenvalue weighted by Gasteiger charge is -2.34. The molecule has 1 fully saturated rings. The van der Waals surface area contributed by atoms with Crippen molar-refractivity contribution in [1.29, 1.82) is 0 Å². The monoisotopic (exact) mass is 250 g/mol. The van der Waals surface area contributed by atoms with Crippen LogP contribution in [0.15, 0.2) is 12.1 Å². The maximum atomic E-state index is 12.0. The third kappa shape index (κ3) is 2.95. The lowest BCUT2D eigenvalue weighted by atomic mass is 9.95. The first-order valence-corrected chi connectivity index (χ1v) is 6.05. The van der Waals surface area contributed by atoms with Gasteiger partial charge in [0, 0.05) is 13.7 Å². The van der Waals surface area contributed by atoms with Gasteiger partial charge in [0.05, 0.1) is 12.1 Å². The topological polar surface area (TPSA) is 76.1 Å². The number of anilines is 1. The first-order valence-electron chi connectivity index (χ1n) is 6.05. The number of hydrogen-bond donors (Lipinski definition) is 2. The minimum atomic E-state index is -0.307. The molecule has 2 N–H and O–H groups in total. The Morgan fingerprint density at radius 3 is 2.83 bits per heavy atom. The minimum absolute atomic E-state index is 0.210. The molecule has 0 bridgehead atoms. The van der Waals surface area contributed by atoms with Gasteiger partial charge in [-0.25, -0.2) is 0 Å². The summed E-state index contributed by atoms with van der Waals surface area (Å²) in [6.07, 6.45) is 1.88. The molecule has 1 aromatic rings. The Morgan fingerprint density at radius 1 is 1.44 bits per heavy atom. The molecule has 1 saturated heterocycles. The number of ether oxygens (including phenoxy) is 1. The zero-order valence-corrected chi connectivity index (χ0v) is 10.7. The van der Waals surface area contributed by atoms with Gasteiger partial charge < -0.3 is 15.4 Å². The zero-order chi connectivity index (χ0) is 13.0. The van der Waals surface area contributed by atoms with Crippen LogP contribution in [0.2, 0.25) is 0 Å². The fourth-order valence-corrected chi connectivity index (χ4v) is 1.96. The summed E-state index contributed by atoms with van der Waals surface area (Å²) in [6.45, 7) is 3.29. The Kier molecular flexibility index (Phi) is 3.76. The molecule has 0 aromatic carbocycles. The molecule has 1 unspecified atom stereocenters. The quantitative estimate of drug-likeness (QED) is 0.830. The van der Waals surface area contributed by atoms with Gasteiger partial charge in [-0.1, -0.05) is 0 Å². The Balaban J connectivity index is 2.02. The molecular weight excluding hydrogens is 232 g/mol. The molecule has 1 amide bonds. The number of amides is 1. The van der Waals surface area contributed by atoms with E-state index < -0.39 is 0 Å². The number of nitrogens with zero attached hydrogens (tertiary/aromatic N) is 2. The van der Waals surface area contributed by atoms with Gasteiger partial charge in [-0.15, -0.1) is 10.2 Å². The number of carbonyl (C=O) groups is 1. The van der Waals surface area contributed by atoms with Crippen molar-refractivity contribution in [2.75, 3.05) is 25.6 Å². The van der Waals surface area contributed by atoms with Crippen molar-refractivity contribution in [3.05, 3.63) is 17.8 Å². The number of hydrogen-bond acceptors (Lipinski definition) is 5. The first kappa shape index (κ1) is 12.8. The van der Waals surface area contributed by atoms with E-state index in [1.807, 2.05) is 6.92 Å². The van der Waals surface area contributed by atoms with Gasteiger partial charge in [0.1, 0.15) is 5.82 Å². The summed E-state index contributed by atoms with van der Waals surface area (Å²) in [7, 11) is 1.75. The Hall–Kier alpha value is -1.69. The van der Waals surface area contributed by atoms with Gasteiger partial charge in [-0.05, 0) is 31.9 Å². The summed E-state index contributed by atoms with van der Waals surface area (Å²) in [6, 6.07) is 3.38. The van der Waals surface area contributed by atoms with Crippen LogP contribution in [0, 0.1) is 0 Å². The van der Waals surface area contributed by atoms with Crippen LogP contribution in [0.1, 0.15) is 30.3 Å². The van der Waals surface area contributed by atoms with Gasteiger partial charge >= 0.3 is 0 Å². The molecule has 6 nitrogen and oxygen atoms in total. The molecule has 1 atom stereocenters. The third-order valence-corrected chi connectivity index (χ3v) is 3.01. The average Bonchev–Trinajstić information content (AvgIpc) is 2.39. The molecule has 18 heavy (non-hydrogen) atoms. The lowest BCUT2D eigenvalue weighted by Crippen LogP contribution is -2.51. The molecular formula is C12H18N4O2. The lowest BCUT2D eigenvalue weighted by molar-refractivity contribution is 0.0271. The Morgan fingerprint density at radius 2 is 2.28 bits per heavy atom. The molecule has 0 saturated carbocycles. The van der Waals surface area contributed by atoms with Crippen molar-refractivity contribution < 1.29 is 9.53 Å². The van der Waals surface area contributed by atoms with Gasteiger partial charge in [0.25, 0.3) is 5.91 Å². The van der Waals surface area contributed by atoms with Gasteiger partial charge in [0.15, 0.2) is 5.69 Å². The van der Waals surface area contributed by atoms with E-state index in [9.17, 15) is 4.79 Å². The van der Waals surface area contributed by atoms with E-state index in [1.54, 1.807) is 19.2 Å². The standard InChI is InChI=1S/C12H18N4O2/c1-12(6-3-7-18-8-12)14-11(17)9-4-5-10(13-2)16-15-9/h4-5H,3,6-8H2,1-2H3,(H,13,16)(H,14,17). The van der Waals surface area contributed by atoms with Crippen LogP contribution >= 0.6 is 0 Å². The molecule has 1 aliphatic rings. The van der Waals surface area contributed by atoms with Gasteiger partial charge in [0.2, 0.25) is 0 Å². The largest absolute Gasteiger partial charge is 0.379 e. The minimum Gasteiger partial charge on any atom is -0.379 e. The third-order valence-electron chi connectivity index (χ3n) is 3.01. The fraction of sp³-hybridized carbons (Fsp3) is 0.583. The van der Waals surface area contributed by atoms with Gasteiger partial charge in [-0.2, -0.15) is 0 Å². The average molecular weight is 250 g/mol. The summed E-state index contributed by atoms with van der Waals surface area (Å²) < 4.78 is 5.40. The smallest absolute Gasteiger partial charge is 0.272 e. The molecule has 98 valence electrons. The Labute approximate surface area is 106 Å². The van der Waals surface area contributed by atoms with Crippen LogP contribution in [0.3, 0.4) is 0 Å². The fourth-order valence-electron chi connectivity index (χ4n) is 1.96. The molecule has 1 aliphatic heterocycles. The van der Waals surface area contributed by atoms with E-state index in [0.717, 1.165) is 19.4 Å². The van der Waals surface area contributed by atoms with Crippen molar-refractivity contribution in [2.24, 2.45) is 0 Å². The molecule has 0 spiro atoms. The summed E-state index contributed by atoms with van der Waals surface area (Å²) in [5.41, 5.74) is 0.0133. The van der Waals surface area contributed by atoms with E-state index in [-0.39, 0.29) is 11.4 Å². The summed E-state index contributed by atoms with van der Waals surface area (Å²) >= 11 is 0. The molecule has 6 heteroatoms. The molecule has 1 aromatic heterocycles. The highest BCUT2D eigenvalue weighted by Crippen LogP contribution is 2.18. The van der Waals surface area contributed by atoms with Crippen LogP contribution in [0.5, 0.6) is 0 Å². The zero-order valence-electron chi connectivity index (χ0n) is 10.7. The number of nitrogens with one attached hydrogen (secondary N) is 2. The van der Waals surface area contributed by atoms with Crippen molar-refractivity contribution in [3.63, 3.8) is 0 Å². The highest BCUT2D eigenvalue weighted by Gasteiger charge is 2.30. The second kappa shape index (κ2) is 5.30. The normalized spacial score (nSPS) is 23.4. The predicted molar refractivity (Wildman–Crippen MR) is 67.5 cm³/mol.